The summed E-state index contributed by atoms with van der Waals surface area (Å²) in [5.41, 5.74) is 1.10. The van der Waals surface area contributed by atoms with Gasteiger partial charge in [0.1, 0.15) is 0 Å². The third-order valence-corrected chi connectivity index (χ3v) is 5.21. The first-order valence-corrected chi connectivity index (χ1v) is 8.12. The van der Waals surface area contributed by atoms with Crippen LogP contribution in [0.4, 0.5) is 11.4 Å². The Morgan fingerprint density at radius 2 is 2.23 bits per heavy atom. The number of methoxy groups -OCH3 is 1. The second kappa shape index (κ2) is 5.78. The summed E-state index contributed by atoms with van der Waals surface area (Å²) in [5.74, 6) is 1.89. The molecule has 0 saturated heterocycles. The van der Waals surface area contributed by atoms with Crippen molar-refractivity contribution in [1.29, 1.82) is 0 Å². The van der Waals surface area contributed by atoms with E-state index in [1.54, 1.807) is 12.1 Å². The van der Waals surface area contributed by atoms with Crippen LogP contribution in [-0.2, 0) is 0 Å². The number of fused-ring (bicyclic) bond motifs is 2. The summed E-state index contributed by atoms with van der Waals surface area (Å²) < 4.78 is 5.18. The van der Waals surface area contributed by atoms with Gasteiger partial charge in [0.15, 0.2) is 5.75 Å². The van der Waals surface area contributed by atoms with E-state index in [4.69, 9.17) is 4.74 Å². The van der Waals surface area contributed by atoms with E-state index in [9.17, 15) is 10.1 Å². The van der Waals surface area contributed by atoms with Gasteiger partial charge in [0, 0.05) is 23.4 Å². The number of nitrogens with one attached hydrogen (secondary N) is 1. The summed E-state index contributed by atoms with van der Waals surface area (Å²) >= 11 is 0. The monoisotopic (exact) mass is 304 g/mol. The van der Waals surface area contributed by atoms with Gasteiger partial charge >= 0.3 is 5.69 Å². The molecule has 2 bridgehead atoms. The molecule has 0 aromatic heterocycles. The molecule has 22 heavy (non-hydrogen) atoms. The van der Waals surface area contributed by atoms with Gasteiger partial charge in [-0.15, -0.1) is 0 Å². The number of nitro benzene ring substituents is 1. The summed E-state index contributed by atoms with van der Waals surface area (Å²) in [6, 6.07) is 5.10. The average molecular weight is 304 g/mol. The summed E-state index contributed by atoms with van der Waals surface area (Å²) in [6.45, 7) is 2.34. The molecule has 2 fully saturated rings. The normalized spacial score (nSPS) is 30.6. The Kier molecular flexibility index (Phi) is 3.98. The molecule has 120 valence electrons. The first kappa shape index (κ1) is 15.1. The molecule has 0 spiro atoms. The van der Waals surface area contributed by atoms with Gasteiger partial charge in [0.2, 0.25) is 0 Å². The number of ether oxygens (including phenoxy) is 1. The topological polar surface area (TPSA) is 64.4 Å². The van der Waals surface area contributed by atoms with Crippen LogP contribution in [0.15, 0.2) is 18.2 Å². The van der Waals surface area contributed by atoms with Crippen LogP contribution in [0.25, 0.3) is 0 Å². The molecule has 0 heterocycles. The van der Waals surface area contributed by atoms with Crippen molar-refractivity contribution in [2.45, 2.75) is 51.0 Å². The third-order valence-electron chi connectivity index (χ3n) is 5.21. The Morgan fingerprint density at radius 3 is 2.95 bits per heavy atom. The minimum absolute atomic E-state index is 0.0177. The largest absolute Gasteiger partial charge is 0.490 e. The van der Waals surface area contributed by atoms with Crippen LogP contribution in [0, 0.1) is 22.0 Å². The minimum Gasteiger partial charge on any atom is -0.490 e. The molecule has 0 amide bonds. The van der Waals surface area contributed by atoms with Gasteiger partial charge in [-0.2, -0.15) is 0 Å². The lowest BCUT2D eigenvalue weighted by Crippen LogP contribution is -2.47. The lowest BCUT2D eigenvalue weighted by molar-refractivity contribution is -0.385. The molecule has 2 saturated carbocycles. The van der Waals surface area contributed by atoms with Gasteiger partial charge in [0.25, 0.3) is 0 Å². The molecule has 5 nitrogen and oxygen atoms in total. The molecular formula is C17H24N2O3. The van der Waals surface area contributed by atoms with Crippen LogP contribution >= 0.6 is 0 Å². The zero-order chi connectivity index (χ0) is 15.7. The van der Waals surface area contributed by atoms with Gasteiger partial charge in [-0.25, -0.2) is 0 Å². The predicted molar refractivity (Wildman–Crippen MR) is 86.4 cm³/mol. The van der Waals surface area contributed by atoms with E-state index in [1.165, 1.54) is 51.7 Å². The Morgan fingerprint density at radius 1 is 1.41 bits per heavy atom. The predicted octanol–water partition coefficient (Wildman–Crippen LogP) is 4.37. The zero-order valence-corrected chi connectivity index (χ0v) is 13.3. The molecule has 3 atom stereocenters. The van der Waals surface area contributed by atoms with Gasteiger partial charge in [-0.05, 0) is 43.6 Å². The first-order chi connectivity index (χ1) is 10.5. The van der Waals surface area contributed by atoms with Gasteiger partial charge in [0.05, 0.1) is 12.0 Å². The Balaban J connectivity index is 1.84. The SMILES string of the molecule is COc1cc(NC23CCCC(CC(C)C2)C3)ccc1[N+](=O)[O-]. The lowest BCUT2D eigenvalue weighted by atomic mass is 9.64. The standard InChI is InChI=1S/C17H24N2O3/c1-12-8-13-4-3-7-17(10-12,11-13)18-14-5-6-15(19(20)21)16(9-14)22-2/h5-6,9,12-13,18H,3-4,7-8,10-11H2,1-2H3. The van der Waals surface area contributed by atoms with E-state index in [2.05, 4.69) is 12.2 Å². The molecule has 1 N–H and O–H groups in total. The summed E-state index contributed by atoms with van der Waals surface area (Å²) in [5, 5.41) is 14.7. The molecule has 1 aromatic rings. The fraction of sp³-hybridized carbons (Fsp3) is 0.647. The fourth-order valence-electron chi connectivity index (χ4n) is 4.57. The molecule has 1 aromatic carbocycles. The highest BCUT2D eigenvalue weighted by Gasteiger charge is 2.41. The van der Waals surface area contributed by atoms with Crippen LogP contribution in [0.5, 0.6) is 5.75 Å². The van der Waals surface area contributed by atoms with E-state index in [0.29, 0.717) is 5.75 Å². The van der Waals surface area contributed by atoms with Crippen LogP contribution in [0.1, 0.15) is 45.4 Å². The Hall–Kier alpha value is -1.78. The second-order valence-corrected chi connectivity index (χ2v) is 7.06. The van der Waals surface area contributed by atoms with Gasteiger partial charge in [-0.3, -0.25) is 10.1 Å². The first-order valence-electron chi connectivity index (χ1n) is 8.12. The molecule has 5 heteroatoms. The number of benzene rings is 1. The lowest BCUT2D eigenvalue weighted by Gasteiger charge is -2.48. The third kappa shape index (κ3) is 2.89. The van der Waals surface area contributed by atoms with E-state index in [1.807, 2.05) is 0 Å². The highest BCUT2D eigenvalue weighted by atomic mass is 16.6. The molecule has 3 unspecified atom stereocenters. The minimum atomic E-state index is -0.403. The van der Waals surface area contributed by atoms with Crippen LogP contribution in [0.2, 0.25) is 0 Å². The second-order valence-electron chi connectivity index (χ2n) is 7.06. The maximum Gasteiger partial charge on any atom is 0.311 e. The number of hydrogen-bond acceptors (Lipinski definition) is 4. The van der Waals surface area contributed by atoms with Crippen LogP contribution < -0.4 is 10.1 Å². The highest BCUT2D eigenvalue weighted by molar-refractivity contribution is 5.59. The average Bonchev–Trinajstić information content (AvgIpc) is 2.45. The molecule has 0 radical (unpaired) electrons. The molecule has 2 aliphatic carbocycles. The highest BCUT2D eigenvalue weighted by Crippen LogP contribution is 2.47. The van der Waals surface area contributed by atoms with E-state index < -0.39 is 4.92 Å². The fourth-order valence-corrected chi connectivity index (χ4v) is 4.57. The summed E-state index contributed by atoms with van der Waals surface area (Å²) in [4.78, 5) is 10.6. The smallest absolute Gasteiger partial charge is 0.311 e. The quantitative estimate of drug-likeness (QED) is 0.662. The number of nitrogens with zero attached hydrogens (tertiary/aromatic N) is 1. The molecule has 3 rings (SSSR count). The van der Waals surface area contributed by atoms with Crippen molar-refractivity contribution in [1.82, 2.24) is 0 Å². The van der Waals surface area contributed by atoms with E-state index >= 15 is 0 Å². The van der Waals surface area contributed by atoms with E-state index in [0.717, 1.165) is 17.5 Å². The Labute approximate surface area is 131 Å². The zero-order valence-electron chi connectivity index (χ0n) is 13.3. The van der Waals surface area contributed by atoms with Crippen molar-refractivity contribution in [3.05, 3.63) is 28.3 Å². The maximum absolute atomic E-state index is 11.0. The molecular weight excluding hydrogens is 280 g/mol. The molecule has 2 aliphatic rings. The van der Waals surface area contributed by atoms with Crippen molar-refractivity contribution in [2.24, 2.45) is 11.8 Å². The van der Waals surface area contributed by atoms with Crippen molar-refractivity contribution < 1.29 is 9.66 Å². The summed E-state index contributed by atoms with van der Waals surface area (Å²) in [7, 11) is 1.48. The van der Waals surface area contributed by atoms with Gasteiger partial charge in [-0.1, -0.05) is 19.8 Å². The maximum atomic E-state index is 11.0. The number of hydrogen-bond donors (Lipinski definition) is 1. The Bertz CT molecular complexity index is 571. The number of rotatable bonds is 4. The summed E-state index contributed by atoms with van der Waals surface area (Å²) in [6.07, 6.45) is 7.55. The number of nitro groups is 1. The number of anilines is 1. The van der Waals surface area contributed by atoms with Crippen LogP contribution in [-0.4, -0.2) is 17.6 Å². The van der Waals surface area contributed by atoms with Crippen molar-refractivity contribution in [3.63, 3.8) is 0 Å². The van der Waals surface area contributed by atoms with Crippen molar-refractivity contribution in [2.75, 3.05) is 12.4 Å². The van der Waals surface area contributed by atoms with Gasteiger partial charge < -0.3 is 10.1 Å². The molecule has 0 aliphatic heterocycles. The van der Waals surface area contributed by atoms with Crippen molar-refractivity contribution >= 4 is 11.4 Å². The van der Waals surface area contributed by atoms with E-state index in [-0.39, 0.29) is 11.2 Å². The van der Waals surface area contributed by atoms with Crippen molar-refractivity contribution in [3.8, 4) is 5.75 Å². The van der Waals surface area contributed by atoms with Crippen LogP contribution in [0.3, 0.4) is 0 Å².